The first-order chi connectivity index (χ1) is 25.1. The van der Waals surface area contributed by atoms with Gasteiger partial charge < -0.3 is 47.7 Å². The average molecular weight is 723 g/mol. The van der Waals surface area contributed by atoms with Crippen molar-refractivity contribution < 1.29 is 62.1 Å². The zero-order valence-electron chi connectivity index (χ0n) is 29.6. The monoisotopic (exact) mass is 722 g/mol. The summed E-state index contributed by atoms with van der Waals surface area (Å²) in [6.07, 6.45) is -11.4. The fourth-order valence-electron chi connectivity index (χ4n) is 6.17. The van der Waals surface area contributed by atoms with E-state index in [9.17, 15) is 19.5 Å². The predicted molar refractivity (Wildman–Crippen MR) is 183 cm³/mol. The number of aliphatic hydroxyl groups is 1. The second-order valence-corrected chi connectivity index (χ2v) is 12.6. The third-order valence-corrected chi connectivity index (χ3v) is 8.54. The van der Waals surface area contributed by atoms with E-state index in [0.29, 0.717) is 0 Å². The van der Waals surface area contributed by atoms with Crippen molar-refractivity contribution in [2.75, 3.05) is 6.61 Å². The highest BCUT2D eigenvalue weighted by molar-refractivity contribution is 5.68. The van der Waals surface area contributed by atoms with Gasteiger partial charge in [0.15, 0.2) is 30.9 Å². The number of benzene rings is 3. The van der Waals surface area contributed by atoms with Crippen molar-refractivity contribution in [2.24, 2.45) is 0 Å². The number of hydrogen-bond acceptors (Lipinski definition) is 13. The van der Waals surface area contributed by atoms with Crippen molar-refractivity contribution in [1.29, 1.82) is 0 Å². The molecule has 13 nitrogen and oxygen atoms in total. The van der Waals surface area contributed by atoms with Crippen LogP contribution in [0.25, 0.3) is 0 Å². The van der Waals surface area contributed by atoms with Gasteiger partial charge in [-0.3, -0.25) is 14.4 Å². The van der Waals surface area contributed by atoms with Crippen LogP contribution in [0.5, 0.6) is 0 Å². The first kappa shape index (κ1) is 39.0. The number of hydrogen-bond donors (Lipinski definition) is 1. The topological polar surface area (TPSA) is 155 Å². The van der Waals surface area contributed by atoms with Gasteiger partial charge in [0, 0.05) is 20.8 Å². The quantitative estimate of drug-likeness (QED) is 0.178. The molecular formula is C39H46O13. The zero-order valence-corrected chi connectivity index (χ0v) is 29.6. The largest absolute Gasteiger partial charge is 0.463 e. The molecule has 2 aliphatic rings. The molecule has 0 aromatic heterocycles. The minimum Gasteiger partial charge on any atom is -0.463 e. The smallest absolute Gasteiger partial charge is 0.303 e. The van der Waals surface area contributed by atoms with E-state index in [1.807, 2.05) is 97.9 Å². The van der Waals surface area contributed by atoms with Crippen LogP contribution in [0, 0.1) is 0 Å². The van der Waals surface area contributed by atoms with Gasteiger partial charge in [0.25, 0.3) is 0 Å². The van der Waals surface area contributed by atoms with Gasteiger partial charge in [-0.15, -0.1) is 0 Å². The highest BCUT2D eigenvalue weighted by Gasteiger charge is 2.55. The Morgan fingerprint density at radius 2 is 1.04 bits per heavy atom. The van der Waals surface area contributed by atoms with Gasteiger partial charge in [0.2, 0.25) is 0 Å². The Kier molecular flexibility index (Phi) is 14.3. The van der Waals surface area contributed by atoms with Crippen LogP contribution in [0.15, 0.2) is 91.0 Å². The normalized spacial score (nSPS) is 28.8. The average Bonchev–Trinajstić information content (AvgIpc) is 3.12. The van der Waals surface area contributed by atoms with Crippen molar-refractivity contribution in [1.82, 2.24) is 0 Å². The van der Waals surface area contributed by atoms with Gasteiger partial charge in [0.05, 0.1) is 25.9 Å². The van der Waals surface area contributed by atoms with Gasteiger partial charge in [-0.25, -0.2) is 0 Å². The lowest BCUT2D eigenvalue weighted by atomic mass is 9.96. The van der Waals surface area contributed by atoms with Crippen LogP contribution in [0.1, 0.15) is 44.4 Å². The SMILES string of the molecule is CC(=O)OCC1O[C@H](O)[C@@H](OC2O[C@@H](C)[C@@H](OCc3ccccc3)[C@H](OCc3ccccc3)[C@@H]2OCc2ccccc2)[C@@H](OC(C)=O)[C@H]1OC(C)=O. The summed E-state index contributed by atoms with van der Waals surface area (Å²) >= 11 is 0. The van der Waals surface area contributed by atoms with Crippen LogP contribution in [-0.4, -0.2) is 91.0 Å². The Morgan fingerprint density at radius 1 is 0.577 bits per heavy atom. The molecule has 2 saturated heterocycles. The molecule has 0 amide bonds. The van der Waals surface area contributed by atoms with E-state index in [4.69, 9.17) is 42.6 Å². The maximum absolute atomic E-state index is 12.4. The van der Waals surface area contributed by atoms with E-state index in [1.165, 1.54) is 6.92 Å². The lowest BCUT2D eigenvalue weighted by molar-refractivity contribution is -0.369. The lowest BCUT2D eigenvalue weighted by Gasteiger charge is -2.48. The number of aliphatic hydroxyl groups excluding tert-OH is 1. The van der Waals surface area contributed by atoms with E-state index < -0.39 is 85.9 Å². The van der Waals surface area contributed by atoms with Gasteiger partial charge >= 0.3 is 17.9 Å². The van der Waals surface area contributed by atoms with Crippen molar-refractivity contribution in [3.05, 3.63) is 108 Å². The minimum absolute atomic E-state index is 0.136. The Hall–Kier alpha value is -4.21. The Morgan fingerprint density at radius 3 is 1.52 bits per heavy atom. The second-order valence-electron chi connectivity index (χ2n) is 12.6. The van der Waals surface area contributed by atoms with Crippen LogP contribution in [0.3, 0.4) is 0 Å². The summed E-state index contributed by atoms with van der Waals surface area (Å²) in [5, 5.41) is 11.3. The molecule has 3 aromatic carbocycles. The van der Waals surface area contributed by atoms with Crippen molar-refractivity contribution in [2.45, 2.75) is 109 Å². The molecular weight excluding hydrogens is 676 g/mol. The molecule has 10 atom stereocenters. The van der Waals surface area contributed by atoms with Crippen LogP contribution in [0.2, 0.25) is 0 Å². The molecule has 52 heavy (non-hydrogen) atoms. The maximum Gasteiger partial charge on any atom is 0.303 e. The summed E-state index contributed by atoms with van der Waals surface area (Å²) < 4.78 is 54.6. The Bertz CT molecular complexity index is 1560. The second kappa shape index (κ2) is 19.0. The first-order valence-corrected chi connectivity index (χ1v) is 17.2. The Labute approximate surface area is 302 Å². The van der Waals surface area contributed by atoms with Gasteiger partial charge in [-0.05, 0) is 23.6 Å². The van der Waals surface area contributed by atoms with E-state index >= 15 is 0 Å². The van der Waals surface area contributed by atoms with E-state index in [1.54, 1.807) is 0 Å². The van der Waals surface area contributed by atoms with Gasteiger partial charge in [-0.2, -0.15) is 0 Å². The molecule has 5 rings (SSSR count). The van der Waals surface area contributed by atoms with Crippen LogP contribution in [-0.2, 0) is 76.8 Å². The molecule has 0 spiro atoms. The van der Waals surface area contributed by atoms with E-state index in [2.05, 4.69) is 0 Å². The number of ether oxygens (including phenoxy) is 9. The number of rotatable bonds is 15. The van der Waals surface area contributed by atoms with Crippen LogP contribution >= 0.6 is 0 Å². The summed E-state index contributed by atoms with van der Waals surface area (Å²) in [7, 11) is 0. The summed E-state index contributed by atoms with van der Waals surface area (Å²) in [6.45, 7) is 5.54. The molecule has 13 heteroatoms. The summed E-state index contributed by atoms with van der Waals surface area (Å²) in [5.41, 5.74) is 2.73. The maximum atomic E-state index is 12.4. The third kappa shape index (κ3) is 10.9. The number of esters is 3. The first-order valence-electron chi connectivity index (χ1n) is 17.2. The summed E-state index contributed by atoms with van der Waals surface area (Å²) in [6, 6.07) is 28.8. The number of carbonyl (C=O) groups excluding carboxylic acids is 3. The fourth-order valence-corrected chi connectivity index (χ4v) is 6.17. The molecule has 0 saturated carbocycles. The molecule has 3 aromatic rings. The van der Waals surface area contributed by atoms with E-state index in [-0.39, 0.29) is 19.8 Å². The molecule has 0 aliphatic carbocycles. The minimum atomic E-state index is -1.75. The van der Waals surface area contributed by atoms with Crippen molar-refractivity contribution >= 4 is 17.9 Å². The predicted octanol–water partition coefficient (Wildman–Crippen LogP) is 4.02. The molecule has 280 valence electrons. The van der Waals surface area contributed by atoms with Crippen molar-refractivity contribution in [3.8, 4) is 0 Å². The van der Waals surface area contributed by atoms with Crippen molar-refractivity contribution in [3.63, 3.8) is 0 Å². The van der Waals surface area contributed by atoms with Crippen LogP contribution < -0.4 is 0 Å². The molecule has 0 bridgehead atoms. The van der Waals surface area contributed by atoms with E-state index in [0.717, 1.165) is 30.5 Å². The molecule has 0 radical (unpaired) electrons. The summed E-state index contributed by atoms with van der Waals surface area (Å²) in [5.74, 6) is -2.10. The van der Waals surface area contributed by atoms with Crippen LogP contribution in [0.4, 0.5) is 0 Å². The van der Waals surface area contributed by atoms with Gasteiger partial charge in [-0.1, -0.05) is 91.0 Å². The highest BCUT2D eigenvalue weighted by Crippen LogP contribution is 2.35. The highest BCUT2D eigenvalue weighted by atomic mass is 16.8. The fraction of sp³-hybridized carbons (Fsp3) is 0.462. The molecule has 2 fully saturated rings. The molecule has 2 unspecified atom stereocenters. The molecule has 2 heterocycles. The standard InChI is InChI=1S/C39H46O13/c1-24-32(45-20-28-14-8-5-9-15-28)34(46-21-29-16-10-6-11-17-29)37(47-22-30-18-12-7-13-19-30)39(48-24)52-36-35(50-27(4)42)33(49-26(3)41)31(51-38(36)43)23-44-25(2)40/h5-19,24,31-39,43H,20-23H2,1-4H3/t24-,31?,32+,33-,34-,35-,36-,37-,38-,39?/m0/s1. The van der Waals surface area contributed by atoms with Gasteiger partial charge in [0.1, 0.15) is 31.0 Å². The lowest BCUT2D eigenvalue weighted by Crippen LogP contribution is -2.65. The zero-order chi connectivity index (χ0) is 37.0. The number of carbonyl (C=O) groups is 3. The summed E-state index contributed by atoms with van der Waals surface area (Å²) in [4.78, 5) is 36.3. The third-order valence-electron chi connectivity index (χ3n) is 8.54. The Balaban J connectivity index is 1.48. The molecule has 2 aliphatic heterocycles. The molecule has 1 N–H and O–H groups in total.